The van der Waals surface area contributed by atoms with Gasteiger partial charge in [-0.15, -0.1) is 5.10 Å². The highest BCUT2D eigenvalue weighted by atomic mass is 35.5. The first-order valence-corrected chi connectivity index (χ1v) is 8.04. The standard InChI is InChI=1S/C20H14ClN3/c21-17-13-7-8-14-18(17)24-20(16-11-5-2-6-12-16)19(22-23-24)15-9-3-1-4-10-15/h1-14H. The van der Waals surface area contributed by atoms with Crippen LogP contribution < -0.4 is 0 Å². The molecule has 0 amide bonds. The van der Waals surface area contributed by atoms with Crippen LogP contribution in [0.1, 0.15) is 0 Å². The van der Waals surface area contributed by atoms with Crippen molar-refractivity contribution in [3.05, 3.63) is 90.0 Å². The second-order valence-corrected chi connectivity index (χ2v) is 5.79. The van der Waals surface area contributed by atoms with Crippen molar-refractivity contribution in [1.82, 2.24) is 15.0 Å². The van der Waals surface area contributed by atoms with Crippen LogP contribution in [0.5, 0.6) is 0 Å². The molecule has 0 unspecified atom stereocenters. The highest BCUT2D eigenvalue weighted by Gasteiger charge is 2.18. The van der Waals surface area contributed by atoms with Gasteiger partial charge < -0.3 is 0 Å². The highest BCUT2D eigenvalue weighted by Crippen LogP contribution is 2.33. The van der Waals surface area contributed by atoms with Crippen molar-refractivity contribution in [3.8, 4) is 28.2 Å². The predicted molar refractivity (Wildman–Crippen MR) is 97.2 cm³/mol. The summed E-state index contributed by atoms with van der Waals surface area (Å²) in [5, 5.41) is 9.45. The van der Waals surface area contributed by atoms with E-state index in [-0.39, 0.29) is 0 Å². The van der Waals surface area contributed by atoms with Gasteiger partial charge in [0.05, 0.1) is 10.7 Å². The second kappa shape index (κ2) is 6.30. The molecule has 0 saturated carbocycles. The molecule has 0 atom stereocenters. The molecule has 0 bridgehead atoms. The Balaban J connectivity index is 2.00. The van der Waals surface area contributed by atoms with Gasteiger partial charge in [0.1, 0.15) is 11.4 Å². The first kappa shape index (κ1) is 14.7. The smallest absolute Gasteiger partial charge is 0.121 e. The molecule has 4 heteroatoms. The lowest BCUT2D eigenvalue weighted by molar-refractivity contribution is 0.809. The number of para-hydroxylation sites is 1. The Bertz CT molecular complexity index is 963. The van der Waals surface area contributed by atoms with Crippen molar-refractivity contribution >= 4 is 11.6 Å². The molecule has 0 spiro atoms. The van der Waals surface area contributed by atoms with Crippen molar-refractivity contribution in [1.29, 1.82) is 0 Å². The van der Waals surface area contributed by atoms with E-state index in [0.29, 0.717) is 5.02 Å². The number of nitrogens with zero attached hydrogens (tertiary/aromatic N) is 3. The van der Waals surface area contributed by atoms with Crippen molar-refractivity contribution in [2.24, 2.45) is 0 Å². The third-order valence-corrected chi connectivity index (χ3v) is 4.16. The van der Waals surface area contributed by atoms with E-state index < -0.39 is 0 Å². The van der Waals surface area contributed by atoms with Crippen LogP contribution in [0, 0.1) is 0 Å². The summed E-state index contributed by atoms with van der Waals surface area (Å²) in [6, 6.07) is 27.8. The van der Waals surface area contributed by atoms with Gasteiger partial charge in [0.2, 0.25) is 0 Å². The summed E-state index contributed by atoms with van der Waals surface area (Å²) >= 11 is 6.38. The van der Waals surface area contributed by atoms with Gasteiger partial charge in [0, 0.05) is 11.1 Å². The average Bonchev–Trinajstić information content (AvgIpc) is 3.08. The van der Waals surface area contributed by atoms with Crippen LogP contribution >= 0.6 is 11.6 Å². The fraction of sp³-hybridized carbons (Fsp3) is 0. The van der Waals surface area contributed by atoms with Crippen molar-refractivity contribution in [2.75, 3.05) is 0 Å². The Morgan fingerprint density at radius 3 is 1.92 bits per heavy atom. The fourth-order valence-corrected chi connectivity index (χ4v) is 2.94. The second-order valence-electron chi connectivity index (χ2n) is 5.38. The molecule has 0 aliphatic carbocycles. The molecule has 4 rings (SSSR count). The molecule has 3 nitrogen and oxygen atoms in total. The van der Waals surface area contributed by atoms with Crippen LogP contribution in [-0.4, -0.2) is 15.0 Å². The summed E-state index contributed by atoms with van der Waals surface area (Å²) in [5.74, 6) is 0. The molecule has 0 radical (unpaired) electrons. The van der Waals surface area contributed by atoms with Crippen molar-refractivity contribution in [2.45, 2.75) is 0 Å². The van der Waals surface area contributed by atoms with Gasteiger partial charge in [-0.3, -0.25) is 0 Å². The van der Waals surface area contributed by atoms with Crippen LogP contribution in [0.4, 0.5) is 0 Å². The lowest BCUT2D eigenvalue weighted by atomic mass is 10.0. The number of aromatic nitrogens is 3. The molecule has 1 heterocycles. The van der Waals surface area contributed by atoms with Gasteiger partial charge in [-0.1, -0.05) is 89.6 Å². The van der Waals surface area contributed by atoms with E-state index >= 15 is 0 Å². The minimum absolute atomic E-state index is 0.638. The molecular weight excluding hydrogens is 318 g/mol. The Labute approximate surface area is 145 Å². The molecule has 0 saturated heterocycles. The molecule has 0 aliphatic rings. The summed E-state index contributed by atoms with van der Waals surface area (Å²) in [4.78, 5) is 0. The Morgan fingerprint density at radius 2 is 1.25 bits per heavy atom. The molecule has 0 aliphatic heterocycles. The predicted octanol–water partition coefficient (Wildman–Crippen LogP) is 5.25. The van der Waals surface area contributed by atoms with E-state index in [1.54, 1.807) is 4.68 Å². The van der Waals surface area contributed by atoms with Crippen molar-refractivity contribution in [3.63, 3.8) is 0 Å². The highest BCUT2D eigenvalue weighted by molar-refractivity contribution is 6.32. The van der Waals surface area contributed by atoms with Crippen LogP contribution in [0.2, 0.25) is 5.02 Å². The topological polar surface area (TPSA) is 30.7 Å². The summed E-state index contributed by atoms with van der Waals surface area (Å²) in [5.41, 5.74) is 4.64. The number of halogens is 1. The van der Waals surface area contributed by atoms with Gasteiger partial charge in [0.15, 0.2) is 0 Å². The maximum absolute atomic E-state index is 6.38. The van der Waals surface area contributed by atoms with E-state index in [2.05, 4.69) is 22.4 Å². The van der Waals surface area contributed by atoms with Gasteiger partial charge in [-0.25, -0.2) is 4.68 Å². The molecule has 0 N–H and O–H groups in total. The van der Waals surface area contributed by atoms with E-state index in [9.17, 15) is 0 Å². The normalized spacial score (nSPS) is 10.7. The van der Waals surface area contributed by atoms with Crippen LogP contribution in [-0.2, 0) is 0 Å². The summed E-state index contributed by atoms with van der Waals surface area (Å²) < 4.78 is 1.81. The maximum atomic E-state index is 6.38. The number of rotatable bonds is 3. The lowest BCUT2D eigenvalue weighted by Gasteiger charge is -2.10. The molecule has 24 heavy (non-hydrogen) atoms. The van der Waals surface area contributed by atoms with Gasteiger partial charge in [0.25, 0.3) is 0 Å². The summed E-state index contributed by atoms with van der Waals surface area (Å²) in [6.45, 7) is 0. The van der Waals surface area contributed by atoms with E-state index in [1.165, 1.54) is 0 Å². The van der Waals surface area contributed by atoms with E-state index in [4.69, 9.17) is 11.6 Å². The van der Waals surface area contributed by atoms with Gasteiger partial charge >= 0.3 is 0 Å². The summed E-state index contributed by atoms with van der Waals surface area (Å²) in [7, 11) is 0. The molecule has 116 valence electrons. The zero-order valence-corrected chi connectivity index (χ0v) is 13.6. The third kappa shape index (κ3) is 2.59. The summed E-state index contributed by atoms with van der Waals surface area (Å²) in [6.07, 6.45) is 0. The quantitative estimate of drug-likeness (QED) is 0.513. The first-order valence-electron chi connectivity index (χ1n) is 7.66. The fourth-order valence-electron chi connectivity index (χ4n) is 2.72. The van der Waals surface area contributed by atoms with Crippen LogP contribution in [0.25, 0.3) is 28.2 Å². The molecule has 0 fully saturated rings. The molecule has 4 aromatic rings. The molecule has 3 aromatic carbocycles. The first-order chi connectivity index (χ1) is 11.8. The van der Waals surface area contributed by atoms with Crippen LogP contribution in [0.15, 0.2) is 84.9 Å². The molecule has 1 aromatic heterocycles. The SMILES string of the molecule is Clc1ccccc1-n1nnc(-c2ccccc2)c1-c1ccccc1. The van der Waals surface area contributed by atoms with Gasteiger partial charge in [-0.2, -0.15) is 0 Å². The number of benzene rings is 3. The number of hydrogen-bond donors (Lipinski definition) is 0. The number of hydrogen-bond acceptors (Lipinski definition) is 2. The zero-order chi connectivity index (χ0) is 16.4. The lowest BCUT2D eigenvalue weighted by Crippen LogP contribution is -2.00. The Kier molecular flexibility index (Phi) is 3.85. The zero-order valence-electron chi connectivity index (χ0n) is 12.8. The minimum Gasteiger partial charge on any atom is -0.211 e. The van der Waals surface area contributed by atoms with E-state index in [0.717, 1.165) is 28.2 Å². The average molecular weight is 332 g/mol. The largest absolute Gasteiger partial charge is 0.211 e. The molecular formula is C20H14ClN3. The van der Waals surface area contributed by atoms with Gasteiger partial charge in [-0.05, 0) is 12.1 Å². The maximum Gasteiger partial charge on any atom is 0.121 e. The van der Waals surface area contributed by atoms with E-state index in [1.807, 2.05) is 72.8 Å². The third-order valence-electron chi connectivity index (χ3n) is 3.85. The van der Waals surface area contributed by atoms with Crippen LogP contribution in [0.3, 0.4) is 0 Å². The Hall–Kier alpha value is -2.91. The van der Waals surface area contributed by atoms with Crippen molar-refractivity contribution < 1.29 is 0 Å². The monoisotopic (exact) mass is 331 g/mol. The minimum atomic E-state index is 0.638. The Morgan fingerprint density at radius 1 is 0.667 bits per heavy atom.